The topological polar surface area (TPSA) is 0 Å². The van der Waals surface area contributed by atoms with Gasteiger partial charge in [-0.3, -0.25) is 0 Å². The van der Waals surface area contributed by atoms with Crippen LogP contribution in [0.2, 0.25) is 0 Å². The summed E-state index contributed by atoms with van der Waals surface area (Å²) >= 11 is 0. The van der Waals surface area contributed by atoms with E-state index in [1.165, 1.54) is 55.2 Å². The molecule has 0 fully saturated rings. The van der Waals surface area contributed by atoms with Gasteiger partial charge in [0.05, 0.1) is 5.56 Å². The van der Waals surface area contributed by atoms with Crippen molar-refractivity contribution in [3.05, 3.63) is 118 Å². The quantitative estimate of drug-likeness (QED) is 0.172. The van der Waals surface area contributed by atoms with Gasteiger partial charge in [-0.15, -0.1) is 0 Å². The summed E-state index contributed by atoms with van der Waals surface area (Å²) in [6.07, 6.45) is 9.88. The Morgan fingerprint density at radius 3 is 1.94 bits per heavy atom. The van der Waals surface area contributed by atoms with Crippen molar-refractivity contribution in [2.75, 3.05) is 0 Å². The van der Waals surface area contributed by atoms with Crippen LogP contribution in [-0.2, 0) is 19.3 Å². The highest BCUT2D eigenvalue weighted by molar-refractivity contribution is 5.85. The van der Waals surface area contributed by atoms with E-state index >= 15 is 0 Å². The average molecular weight is 463 g/mol. The molecule has 0 aromatic heterocycles. The van der Waals surface area contributed by atoms with Gasteiger partial charge in [-0.05, 0) is 72.9 Å². The van der Waals surface area contributed by atoms with Gasteiger partial charge in [-0.2, -0.15) is 0 Å². The maximum Gasteiger partial charge on any atom is 0.146 e. The predicted molar refractivity (Wildman–Crippen MR) is 147 cm³/mol. The number of unbranched alkanes of at least 4 members (excludes halogenated alkanes) is 4. The molecule has 0 aliphatic heterocycles. The summed E-state index contributed by atoms with van der Waals surface area (Å²) in [7, 11) is 0. The highest BCUT2D eigenvalue weighted by Crippen LogP contribution is 2.22. The minimum Gasteiger partial charge on any atom is -0.205 e. The van der Waals surface area contributed by atoms with E-state index in [1.807, 2.05) is 43.3 Å². The van der Waals surface area contributed by atoms with Gasteiger partial charge in [-0.1, -0.05) is 111 Å². The molecule has 0 aliphatic rings. The third-order valence-corrected chi connectivity index (χ3v) is 6.70. The van der Waals surface area contributed by atoms with E-state index in [-0.39, 0.29) is 5.82 Å². The second-order valence-electron chi connectivity index (χ2n) is 9.58. The van der Waals surface area contributed by atoms with Crippen molar-refractivity contribution in [3.63, 3.8) is 0 Å². The maximum atomic E-state index is 14.9. The lowest BCUT2D eigenvalue weighted by Gasteiger charge is -2.05. The fourth-order valence-corrected chi connectivity index (χ4v) is 4.50. The van der Waals surface area contributed by atoms with Crippen molar-refractivity contribution in [1.82, 2.24) is 0 Å². The Kier molecular flexibility index (Phi) is 8.74. The normalized spacial score (nSPS) is 10.8. The lowest BCUT2D eigenvalue weighted by molar-refractivity contribution is 0.632. The van der Waals surface area contributed by atoms with E-state index < -0.39 is 0 Å². The number of halogens is 1. The Labute approximate surface area is 210 Å². The molecular formula is C34H35F. The third kappa shape index (κ3) is 7.06. The van der Waals surface area contributed by atoms with Crippen LogP contribution in [0.3, 0.4) is 0 Å². The van der Waals surface area contributed by atoms with Gasteiger partial charge in [0.1, 0.15) is 5.82 Å². The van der Waals surface area contributed by atoms with Crippen molar-refractivity contribution in [3.8, 4) is 11.8 Å². The minimum absolute atomic E-state index is 0.242. The van der Waals surface area contributed by atoms with E-state index in [4.69, 9.17) is 0 Å². The van der Waals surface area contributed by atoms with Crippen LogP contribution in [0.1, 0.15) is 72.4 Å². The highest BCUT2D eigenvalue weighted by Gasteiger charge is 2.05. The number of hydrogen-bond donors (Lipinski definition) is 0. The molecular weight excluding hydrogens is 427 g/mol. The zero-order chi connectivity index (χ0) is 24.5. The zero-order valence-corrected chi connectivity index (χ0v) is 21.0. The van der Waals surface area contributed by atoms with E-state index in [2.05, 4.69) is 55.2 Å². The lowest BCUT2D eigenvalue weighted by atomic mass is 10.00. The summed E-state index contributed by atoms with van der Waals surface area (Å²) < 4.78 is 14.9. The van der Waals surface area contributed by atoms with E-state index in [9.17, 15) is 4.39 Å². The fraction of sp³-hybridized carbons (Fsp3) is 0.294. The first-order valence-corrected chi connectivity index (χ1v) is 13.0. The molecule has 0 aliphatic carbocycles. The highest BCUT2D eigenvalue weighted by atomic mass is 19.1. The summed E-state index contributed by atoms with van der Waals surface area (Å²) in [5, 5.41) is 1.53. The zero-order valence-electron chi connectivity index (χ0n) is 21.0. The molecule has 35 heavy (non-hydrogen) atoms. The SMILES string of the molecule is CCCCCCCc1ccc(CCc2ccc(C#Cc3ccc4cc(C)ccc4c3F)cc2)cc1. The maximum absolute atomic E-state index is 14.9. The lowest BCUT2D eigenvalue weighted by Crippen LogP contribution is -1.93. The molecule has 0 radical (unpaired) electrons. The molecule has 4 rings (SSSR count). The Hall–Kier alpha value is -3.37. The second-order valence-corrected chi connectivity index (χ2v) is 9.58. The Bertz CT molecular complexity index is 1300. The minimum atomic E-state index is -0.242. The molecule has 0 bridgehead atoms. The van der Waals surface area contributed by atoms with Gasteiger partial charge in [0.25, 0.3) is 0 Å². The van der Waals surface area contributed by atoms with Crippen LogP contribution in [0, 0.1) is 24.6 Å². The molecule has 0 atom stereocenters. The molecule has 4 aromatic rings. The van der Waals surface area contributed by atoms with Gasteiger partial charge < -0.3 is 0 Å². The monoisotopic (exact) mass is 462 g/mol. The van der Waals surface area contributed by atoms with E-state index in [0.29, 0.717) is 10.9 Å². The van der Waals surface area contributed by atoms with Crippen LogP contribution in [0.5, 0.6) is 0 Å². The van der Waals surface area contributed by atoms with Gasteiger partial charge in [-0.25, -0.2) is 4.39 Å². The molecule has 0 N–H and O–H groups in total. The Balaban J connectivity index is 1.31. The van der Waals surface area contributed by atoms with Gasteiger partial charge >= 0.3 is 0 Å². The van der Waals surface area contributed by atoms with Crippen LogP contribution < -0.4 is 0 Å². The van der Waals surface area contributed by atoms with Crippen molar-refractivity contribution in [2.24, 2.45) is 0 Å². The summed E-state index contributed by atoms with van der Waals surface area (Å²) in [6, 6.07) is 27.0. The smallest absolute Gasteiger partial charge is 0.146 e. The summed E-state index contributed by atoms with van der Waals surface area (Å²) in [6.45, 7) is 4.28. The number of rotatable bonds is 9. The van der Waals surface area contributed by atoms with E-state index in [0.717, 1.165) is 29.4 Å². The average Bonchev–Trinajstić information content (AvgIpc) is 2.88. The van der Waals surface area contributed by atoms with Crippen molar-refractivity contribution >= 4 is 10.8 Å². The van der Waals surface area contributed by atoms with Crippen molar-refractivity contribution in [2.45, 2.75) is 65.2 Å². The van der Waals surface area contributed by atoms with Gasteiger partial charge in [0, 0.05) is 10.9 Å². The number of aryl methyl sites for hydroxylation is 4. The van der Waals surface area contributed by atoms with Crippen LogP contribution >= 0.6 is 0 Å². The van der Waals surface area contributed by atoms with Crippen molar-refractivity contribution < 1.29 is 4.39 Å². The molecule has 0 spiro atoms. The molecule has 0 saturated carbocycles. The van der Waals surface area contributed by atoms with Crippen LogP contribution in [0.15, 0.2) is 78.9 Å². The molecule has 0 amide bonds. The first-order chi connectivity index (χ1) is 17.1. The first kappa shape index (κ1) is 24.7. The number of fused-ring (bicyclic) bond motifs is 1. The standard InChI is InChI=1S/C34H35F/c1-3-4-5-6-7-8-27-10-12-28(13-11-27)14-15-29-16-18-30(19-17-29)20-21-31-22-23-32-25-26(2)9-24-33(32)34(31)35/h9-13,16-19,22-25H,3-8,14-15H2,1-2H3. The van der Waals surface area contributed by atoms with Gasteiger partial charge in [0.2, 0.25) is 0 Å². The molecule has 0 nitrogen and oxygen atoms in total. The van der Waals surface area contributed by atoms with E-state index in [1.54, 1.807) is 6.07 Å². The predicted octanol–water partition coefficient (Wildman–Crippen LogP) is 8.99. The number of benzene rings is 4. The van der Waals surface area contributed by atoms with Crippen molar-refractivity contribution in [1.29, 1.82) is 0 Å². The Morgan fingerprint density at radius 1 is 0.629 bits per heavy atom. The second kappa shape index (κ2) is 12.4. The van der Waals surface area contributed by atoms with Gasteiger partial charge in [0.15, 0.2) is 0 Å². The first-order valence-electron chi connectivity index (χ1n) is 13.0. The largest absolute Gasteiger partial charge is 0.205 e. The molecule has 178 valence electrons. The summed E-state index contributed by atoms with van der Waals surface area (Å²) in [5.41, 5.74) is 6.59. The molecule has 0 unspecified atom stereocenters. The van der Waals surface area contributed by atoms with Crippen LogP contribution in [0.4, 0.5) is 4.39 Å². The molecule has 1 heteroatoms. The summed E-state index contributed by atoms with van der Waals surface area (Å²) in [5.74, 6) is 5.90. The number of hydrogen-bond acceptors (Lipinski definition) is 0. The Morgan fingerprint density at radius 2 is 1.26 bits per heavy atom. The molecule has 0 saturated heterocycles. The summed E-state index contributed by atoms with van der Waals surface area (Å²) in [4.78, 5) is 0. The third-order valence-electron chi connectivity index (χ3n) is 6.70. The molecule has 0 heterocycles. The van der Waals surface area contributed by atoms with Crippen LogP contribution in [-0.4, -0.2) is 0 Å². The van der Waals surface area contributed by atoms with Crippen LogP contribution in [0.25, 0.3) is 10.8 Å². The fourth-order valence-electron chi connectivity index (χ4n) is 4.50. The molecule has 4 aromatic carbocycles.